The number of tetrazole rings is 1. The molecule has 0 atom stereocenters. The summed E-state index contributed by atoms with van der Waals surface area (Å²) in [6.07, 6.45) is 0. The van der Waals surface area contributed by atoms with Gasteiger partial charge in [-0.3, -0.25) is 4.79 Å². The molecule has 0 unspecified atom stereocenters. The summed E-state index contributed by atoms with van der Waals surface area (Å²) < 4.78 is 6.82. The molecule has 3 rings (SSSR count). The van der Waals surface area contributed by atoms with Crippen LogP contribution in [0.4, 0.5) is 5.69 Å². The van der Waals surface area contributed by atoms with Crippen LogP contribution in [0.25, 0.3) is 11.4 Å². The maximum atomic E-state index is 12.6. The molecule has 3 aromatic rings. The van der Waals surface area contributed by atoms with Gasteiger partial charge in [0.1, 0.15) is 5.75 Å². The van der Waals surface area contributed by atoms with E-state index in [9.17, 15) is 4.79 Å². The third-order valence-electron chi connectivity index (χ3n) is 3.77. The predicted molar refractivity (Wildman–Crippen MR) is 99.6 cm³/mol. The summed E-state index contributed by atoms with van der Waals surface area (Å²) in [5.74, 6) is 0.908. The Bertz CT molecular complexity index is 939. The highest BCUT2D eigenvalue weighted by Crippen LogP contribution is 2.27. The first kappa shape index (κ1) is 17.9. The lowest BCUT2D eigenvalue weighted by atomic mass is 10.1. The van der Waals surface area contributed by atoms with Gasteiger partial charge in [0, 0.05) is 16.8 Å². The average Bonchev–Trinajstić information content (AvgIpc) is 3.12. The Balaban J connectivity index is 1.85. The zero-order valence-corrected chi connectivity index (χ0v) is 15.4. The second kappa shape index (κ2) is 7.53. The van der Waals surface area contributed by atoms with Gasteiger partial charge in [0.25, 0.3) is 5.91 Å². The van der Waals surface area contributed by atoms with Crippen molar-refractivity contribution in [2.24, 2.45) is 0 Å². The van der Waals surface area contributed by atoms with Crippen LogP contribution < -0.4 is 10.1 Å². The monoisotopic (exact) mass is 371 g/mol. The third kappa shape index (κ3) is 3.67. The molecule has 1 N–H and O–H groups in total. The number of carbonyl (C=O) groups excluding carboxylic acids is 1. The van der Waals surface area contributed by atoms with Crippen molar-refractivity contribution >= 4 is 23.2 Å². The van der Waals surface area contributed by atoms with E-state index in [4.69, 9.17) is 16.3 Å². The van der Waals surface area contributed by atoms with Crippen molar-refractivity contribution in [2.45, 2.75) is 19.9 Å². The number of methoxy groups -OCH3 is 1. The van der Waals surface area contributed by atoms with Gasteiger partial charge in [-0.1, -0.05) is 23.7 Å². The molecule has 0 aliphatic rings. The lowest BCUT2D eigenvalue weighted by Gasteiger charge is -2.10. The number of hydrogen-bond acceptors (Lipinski definition) is 5. The fraction of sp³-hybridized carbons (Fsp3) is 0.222. The van der Waals surface area contributed by atoms with Crippen molar-refractivity contribution in [3.8, 4) is 17.1 Å². The summed E-state index contributed by atoms with van der Waals surface area (Å²) in [7, 11) is 1.54. The van der Waals surface area contributed by atoms with Gasteiger partial charge in [-0.05, 0) is 54.6 Å². The largest absolute Gasteiger partial charge is 0.495 e. The van der Waals surface area contributed by atoms with Gasteiger partial charge in [0.05, 0.1) is 18.2 Å². The highest BCUT2D eigenvalue weighted by Gasteiger charge is 2.14. The van der Waals surface area contributed by atoms with Crippen LogP contribution >= 0.6 is 11.6 Å². The van der Waals surface area contributed by atoms with Crippen LogP contribution in [0, 0.1) is 0 Å². The Hall–Kier alpha value is -2.93. The van der Waals surface area contributed by atoms with Crippen LogP contribution in [0.2, 0.25) is 5.02 Å². The standard InChI is InChI=1S/C18H18ClN5O2/c1-11(2)24-17(21-22-23-24)12-5-4-6-13(9-12)18(25)20-14-7-8-16(26-3)15(19)10-14/h4-11H,1-3H3,(H,20,25). The number of aromatic nitrogens is 4. The number of nitrogens with one attached hydrogen (secondary N) is 1. The molecule has 134 valence electrons. The molecule has 8 heteroatoms. The van der Waals surface area contributed by atoms with Crippen molar-refractivity contribution in [1.29, 1.82) is 0 Å². The normalized spacial score (nSPS) is 10.8. The molecule has 2 aromatic carbocycles. The van der Waals surface area contributed by atoms with Gasteiger partial charge < -0.3 is 10.1 Å². The van der Waals surface area contributed by atoms with E-state index in [0.717, 1.165) is 5.56 Å². The van der Waals surface area contributed by atoms with E-state index in [1.54, 1.807) is 41.1 Å². The molecule has 1 heterocycles. The topological polar surface area (TPSA) is 81.9 Å². The number of hydrogen-bond donors (Lipinski definition) is 1. The van der Waals surface area contributed by atoms with Crippen LogP contribution in [-0.4, -0.2) is 33.2 Å². The highest BCUT2D eigenvalue weighted by atomic mass is 35.5. The number of carbonyl (C=O) groups is 1. The van der Waals surface area contributed by atoms with Gasteiger partial charge in [0.15, 0.2) is 5.82 Å². The van der Waals surface area contributed by atoms with Crippen molar-refractivity contribution in [3.63, 3.8) is 0 Å². The number of anilines is 1. The summed E-state index contributed by atoms with van der Waals surface area (Å²) in [6, 6.07) is 12.3. The zero-order chi connectivity index (χ0) is 18.7. The molecule has 1 aromatic heterocycles. The molecule has 0 fully saturated rings. The van der Waals surface area contributed by atoms with Crippen LogP contribution in [0.15, 0.2) is 42.5 Å². The highest BCUT2D eigenvalue weighted by molar-refractivity contribution is 6.32. The van der Waals surface area contributed by atoms with Gasteiger partial charge in [-0.2, -0.15) is 0 Å². The maximum absolute atomic E-state index is 12.6. The summed E-state index contributed by atoms with van der Waals surface area (Å²) in [5, 5.41) is 15.0. The van der Waals surface area contributed by atoms with E-state index in [1.807, 2.05) is 19.9 Å². The molecular formula is C18H18ClN5O2. The lowest BCUT2D eigenvalue weighted by Crippen LogP contribution is -2.12. The van der Waals surface area contributed by atoms with Crippen molar-refractivity contribution in [1.82, 2.24) is 20.2 Å². The first-order chi connectivity index (χ1) is 12.5. The first-order valence-corrected chi connectivity index (χ1v) is 8.40. The van der Waals surface area contributed by atoms with E-state index in [1.165, 1.54) is 7.11 Å². The fourth-order valence-electron chi connectivity index (χ4n) is 2.48. The summed E-state index contributed by atoms with van der Waals surface area (Å²) in [6.45, 7) is 3.98. The van der Waals surface area contributed by atoms with E-state index in [2.05, 4.69) is 20.8 Å². The summed E-state index contributed by atoms with van der Waals surface area (Å²) in [4.78, 5) is 12.6. The van der Waals surface area contributed by atoms with Crippen LogP contribution in [-0.2, 0) is 0 Å². The van der Waals surface area contributed by atoms with Gasteiger partial charge in [0.2, 0.25) is 0 Å². The number of nitrogens with zero attached hydrogens (tertiary/aromatic N) is 4. The van der Waals surface area contributed by atoms with E-state index in [-0.39, 0.29) is 11.9 Å². The molecule has 26 heavy (non-hydrogen) atoms. The summed E-state index contributed by atoms with van der Waals surface area (Å²) in [5.41, 5.74) is 1.84. The second-order valence-electron chi connectivity index (χ2n) is 5.93. The van der Waals surface area contributed by atoms with Crippen LogP contribution in [0.3, 0.4) is 0 Å². The second-order valence-corrected chi connectivity index (χ2v) is 6.33. The molecule has 1 amide bonds. The van der Waals surface area contributed by atoms with Gasteiger partial charge in [-0.15, -0.1) is 5.10 Å². The number of amides is 1. The molecule has 0 saturated carbocycles. The predicted octanol–water partition coefficient (Wildman–Crippen LogP) is 3.84. The van der Waals surface area contributed by atoms with Gasteiger partial charge in [-0.25, -0.2) is 4.68 Å². The number of rotatable bonds is 5. The van der Waals surface area contributed by atoms with Crippen molar-refractivity contribution in [2.75, 3.05) is 12.4 Å². The Labute approximate surface area is 155 Å². The number of ether oxygens (including phenoxy) is 1. The fourth-order valence-corrected chi connectivity index (χ4v) is 2.74. The smallest absolute Gasteiger partial charge is 0.255 e. The minimum absolute atomic E-state index is 0.110. The molecule has 0 aliphatic heterocycles. The zero-order valence-electron chi connectivity index (χ0n) is 14.6. The average molecular weight is 372 g/mol. The molecule has 0 aliphatic carbocycles. The molecule has 7 nitrogen and oxygen atoms in total. The summed E-state index contributed by atoms with van der Waals surface area (Å²) >= 11 is 6.10. The SMILES string of the molecule is COc1ccc(NC(=O)c2cccc(-c3nnnn3C(C)C)c2)cc1Cl. The van der Waals surface area contributed by atoms with Gasteiger partial charge >= 0.3 is 0 Å². The molecular weight excluding hydrogens is 354 g/mol. The Kier molecular flexibility index (Phi) is 5.18. The minimum atomic E-state index is -0.253. The Morgan fingerprint density at radius 2 is 2.04 bits per heavy atom. The Morgan fingerprint density at radius 1 is 1.23 bits per heavy atom. The van der Waals surface area contributed by atoms with E-state index >= 15 is 0 Å². The minimum Gasteiger partial charge on any atom is -0.495 e. The van der Waals surface area contributed by atoms with E-state index < -0.39 is 0 Å². The van der Waals surface area contributed by atoms with Crippen LogP contribution in [0.5, 0.6) is 5.75 Å². The third-order valence-corrected chi connectivity index (χ3v) is 4.07. The quantitative estimate of drug-likeness (QED) is 0.736. The van der Waals surface area contributed by atoms with Crippen molar-refractivity contribution in [3.05, 3.63) is 53.1 Å². The van der Waals surface area contributed by atoms with Crippen molar-refractivity contribution < 1.29 is 9.53 Å². The number of benzene rings is 2. The number of halogens is 1. The lowest BCUT2D eigenvalue weighted by molar-refractivity contribution is 0.102. The molecule has 0 saturated heterocycles. The first-order valence-electron chi connectivity index (χ1n) is 8.02. The maximum Gasteiger partial charge on any atom is 0.255 e. The molecule has 0 bridgehead atoms. The molecule has 0 spiro atoms. The molecule has 0 radical (unpaired) electrons. The van der Waals surface area contributed by atoms with E-state index in [0.29, 0.717) is 27.8 Å². The Morgan fingerprint density at radius 3 is 2.73 bits per heavy atom. The van der Waals surface area contributed by atoms with Crippen LogP contribution in [0.1, 0.15) is 30.2 Å².